The third kappa shape index (κ3) is 4.43. The molecule has 1 aromatic rings. The normalized spacial score (nSPS) is 29.3. The molecule has 1 aromatic carbocycles. The van der Waals surface area contributed by atoms with E-state index in [-0.39, 0.29) is 6.10 Å². The molecule has 4 nitrogen and oxygen atoms in total. The van der Waals surface area contributed by atoms with Crippen LogP contribution in [-0.4, -0.2) is 65.4 Å². The van der Waals surface area contributed by atoms with E-state index in [2.05, 4.69) is 40.1 Å². The Morgan fingerprint density at radius 1 is 1.00 bits per heavy atom. The van der Waals surface area contributed by atoms with E-state index in [1.54, 1.807) is 0 Å². The number of β-amino-alcohol motifs (C(OH)–C–C–N with tert-alkyl or cyclic N) is 1. The summed E-state index contributed by atoms with van der Waals surface area (Å²) in [5.74, 6) is 0. The average Bonchev–Trinajstić information content (AvgIpc) is 3.22. The van der Waals surface area contributed by atoms with E-state index in [9.17, 15) is 5.11 Å². The van der Waals surface area contributed by atoms with Crippen molar-refractivity contribution in [3.8, 4) is 0 Å². The second-order valence-corrected chi connectivity index (χ2v) is 8.16. The number of hydrogen-bond donors (Lipinski definition) is 1. The number of nitrogens with zero attached hydrogens (tertiary/aromatic N) is 2. The monoisotopic (exact) mass is 344 g/mol. The third-order valence-corrected chi connectivity index (χ3v) is 6.22. The quantitative estimate of drug-likeness (QED) is 0.825. The molecule has 0 spiro atoms. The highest BCUT2D eigenvalue weighted by molar-refractivity contribution is 5.15. The first-order chi connectivity index (χ1) is 12.3. The molecule has 0 amide bonds. The van der Waals surface area contributed by atoms with E-state index in [4.69, 9.17) is 4.74 Å². The van der Waals surface area contributed by atoms with Crippen LogP contribution in [0.1, 0.15) is 44.1 Å². The minimum Gasteiger partial charge on any atom is -0.389 e. The van der Waals surface area contributed by atoms with Crippen LogP contribution in [0.25, 0.3) is 0 Å². The van der Waals surface area contributed by atoms with Crippen molar-refractivity contribution in [2.75, 3.05) is 26.2 Å². The van der Waals surface area contributed by atoms with Gasteiger partial charge in [-0.15, -0.1) is 0 Å². The lowest BCUT2D eigenvalue weighted by Crippen LogP contribution is -2.48. The molecule has 1 aliphatic carbocycles. The molecule has 2 bridgehead atoms. The van der Waals surface area contributed by atoms with Gasteiger partial charge >= 0.3 is 0 Å². The van der Waals surface area contributed by atoms with Crippen molar-refractivity contribution in [2.24, 2.45) is 0 Å². The molecule has 1 N–H and O–H groups in total. The molecule has 3 aliphatic rings. The Morgan fingerprint density at radius 3 is 2.44 bits per heavy atom. The summed E-state index contributed by atoms with van der Waals surface area (Å²) in [5.41, 5.74) is 1.41. The van der Waals surface area contributed by atoms with Gasteiger partial charge in [0.15, 0.2) is 0 Å². The summed E-state index contributed by atoms with van der Waals surface area (Å²) in [7, 11) is 0. The molecule has 3 fully saturated rings. The zero-order valence-corrected chi connectivity index (χ0v) is 15.2. The number of fused-ring (bicyclic) bond motifs is 2. The Bertz CT molecular complexity index is 532. The van der Waals surface area contributed by atoms with Crippen LogP contribution >= 0.6 is 0 Å². The van der Waals surface area contributed by atoms with Gasteiger partial charge in [0.25, 0.3) is 0 Å². The number of likely N-dealkylation sites (tertiary alicyclic amines) is 2. The first kappa shape index (κ1) is 17.5. The average molecular weight is 344 g/mol. The molecule has 0 aromatic heterocycles. The Labute approximate surface area is 151 Å². The van der Waals surface area contributed by atoms with E-state index < -0.39 is 0 Å². The highest BCUT2D eigenvalue weighted by Gasteiger charge is 2.43. The maximum absolute atomic E-state index is 10.4. The fraction of sp³-hybridized carbons (Fsp3) is 0.714. The predicted molar refractivity (Wildman–Crippen MR) is 99.4 cm³/mol. The maximum Gasteiger partial charge on any atom is 0.0900 e. The van der Waals surface area contributed by atoms with Gasteiger partial charge in [0.05, 0.1) is 18.8 Å². The molecule has 2 aliphatic heterocycles. The number of ether oxygens (including phenoxy) is 1. The summed E-state index contributed by atoms with van der Waals surface area (Å²) in [6.45, 7) is 4.57. The molecule has 2 saturated heterocycles. The van der Waals surface area contributed by atoms with Crippen molar-refractivity contribution < 1.29 is 9.84 Å². The van der Waals surface area contributed by atoms with Gasteiger partial charge in [0.2, 0.25) is 0 Å². The van der Waals surface area contributed by atoms with Crippen molar-refractivity contribution in [1.82, 2.24) is 9.80 Å². The van der Waals surface area contributed by atoms with Crippen molar-refractivity contribution in [3.63, 3.8) is 0 Å². The molecular formula is C21H32N2O2. The summed E-state index contributed by atoms with van der Waals surface area (Å²) in [6, 6.07) is 12.0. The Hall–Kier alpha value is -0.940. The van der Waals surface area contributed by atoms with Crippen LogP contribution in [-0.2, 0) is 11.3 Å². The van der Waals surface area contributed by atoms with E-state index in [0.717, 1.165) is 26.2 Å². The van der Waals surface area contributed by atoms with Gasteiger partial charge in [-0.2, -0.15) is 0 Å². The molecule has 3 atom stereocenters. The largest absolute Gasteiger partial charge is 0.389 e. The minimum atomic E-state index is -0.344. The number of aliphatic hydroxyl groups excluding tert-OH is 1. The first-order valence-electron chi connectivity index (χ1n) is 10.1. The van der Waals surface area contributed by atoms with Gasteiger partial charge in [0.1, 0.15) is 0 Å². The SMILES string of the molecule is OC(COC1CCCCC1)CN1C[C@@H]2C[C@H]1CN2Cc1ccccc1. The Morgan fingerprint density at radius 2 is 1.72 bits per heavy atom. The van der Waals surface area contributed by atoms with Crippen molar-refractivity contribution in [1.29, 1.82) is 0 Å². The molecule has 1 unspecified atom stereocenters. The lowest BCUT2D eigenvalue weighted by molar-refractivity contribution is -0.0380. The number of aliphatic hydroxyl groups is 1. The topological polar surface area (TPSA) is 35.9 Å². The fourth-order valence-corrected chi connectivity index (χ4v) is 4.87. The number of rotatable bonds is 7. The highest BCUT2D eigenvalue weighted by atomic mass is 16.5. The number of benzene rings is 1. The van der Waals surface area contributed by atoms with Crippen LogP contribution in [0, 0.1) is 0 Å². The Kier molecular flexibility index (Phi) is 5.71. The molecule has 2 heterocycles. The molecule has 1 saturated carbocycles. The van der Waals surface area contributed by atoms with Gasteiger partial charge in [-0.3, -0.25) is 9.80 Å². The summed E-state index contributed by atoms with van der Waals surface area (Å²) < 4.78 is 5.95. The van der Waals surface area contributed by atoms with E-state index in [1.165, 1.54) is 44.1 Å². The second kappa shape index (κ2) is 8.17. The van der Waals surface area contributed by atoms with Gasteiger partial charge in [-0.1, -0.05) is 49.6 Å². The number of piperazine rings is 1. The van der Waals surface area contributed by atoms with Gasteiger partial charge in [0, 0.05) is 38.3 Å². The van der Waals surface area contributed by atoms with Crippen LogP contribution in [0.2, 0.25) is 0 Å². The van der Waals surface area contributed by atoms with Gasteiger partial charge < -0.3 is 9.84 Å². The Balaban J connectivity index is 1.19. The van der Waals surface area contributed by atoms with Crippen molar-refractivity contribution >= 4 is 0 Å². The van der Waals surface area contributed by atoms with Gasteiger partial charge in [-0.05, 0) is 24.8 Å². The van der Waals surface area contributed by atoms with Crippen LogP contribution in [0.5, 0.6) is 0 Å². The fourth-order valence-electron chi connectivity index (χ4n) is 4.87. The van der Waals surface area contributed by atoms with Crippen molar-refractivity contribution in [2.45, 2.75) is 69.4 Å². The third-order valence-electron chi connectivity index (χ3n) is 6.22. The minimum absolute atomic E-state index is 0.344. The lowest BCUT2D eigenvalue weighted by atomic mass is 9.98. The summed E-state index contributed by atoms with van der Waals surface area (Å²) in [5, 5.41) is 10.4. The number of hydrogen-bond acceptors (Lipinski definition) is 4. The summed E-state index contributed by atoms with van der Waals surface area (Å²) >= 11 is 0. The van der Waals surface area contributed by atoms with E-state index in [1.807, 2.05) is 0 Å². The first-order valence-corrected chi connectivity index (χ1v) is 10.1. The standard InChI is InChI=1S/C21H32N2O2/c24-20(16-25-21-9-5-2-6-10-21)15-23-14-18-11-19(23)13-22(18)12-17-7-3-1-4-8-17/h1,3-4,7-8,18-21,24H,2,5-6,9-16H2/t18-,19-,20?/m0/s1. The summed E-state index contributed by atoms with van der Waals surface area (Å²) in [6.07, 6.45) is 7.57. The van der Waals surface area contributed by atoms with E-state index in [0.29, 0.717) is 24.8 Å². The molecule has 138 valence electrons. The zero-order valence-electron chi connectivity index (χ0n) is 15.2. The van der Waals surface area contributed by atoms with Crippen LogP contribution in [0.3, 0.4) is 0 Å². The maximum atomic E-state index is 10.4. The smallest absolute Gasteiger partial charge is 0.0900 e. The predicted octanol–water partition coefficient (Wildman–Crippen LogP) is 2.66. The summed E-state index contributed by atoms with van der Waals surface area (Å²) in [4.78, 5) is 5.10. The lowest BCUT2D eigenvalue weighted by Gasteiger charge is -2.35. The van der Waals surface area contributed by atoms with Crippen molar-refractivity contribution in [3.05, 3.63) is 35.9 Å². The molecule has 4 rings (SSSR count). The zero-order chi connectivity index (χ0) is 17.1. The molecule has 4 heteroatoms. The van der Waals surface area contributed by atoms with Crippen LogP contribution < -0.4 is 0 Å². The van der Waals surface area contributed by atoms with E-state index >= 15 is 0 Å². The van der Waals surface area contributed by atoms with Crippen LogP contribution in [0.15, 0.2) is 30.3 Å². The molecule has 0 radical (unpaired) electrons. The molecular weight excluding hydrogens is 312 g/mol. The molecule has 25 heavy (non-hydrogen) atoms. The van der Waals surface area contributed by atoms with Crippen LogP contribution in [0.4, 0.5) is 0 Å². The van der Waals surface area contributed by atoms with Gasteiger partial charge in [-0.25, -0.2) is 0 Å². The second-order valence-electron chi connectivity index (χ2n) is 8.16. The highest BCUT2D eigenvalue weighted by Crippen LogP contribution is 2.32.